The Morgan fingerprint density at radius 1 is 1.13 bits per heavy atom. The summed E-state index contributed by atoms with van der Waals surface area (Å²) in [5, 5.41) is 27.7. The van der Waals surface area contributed by atoms with Crippen molar-refractivity contribution in [1.29, 1.82) is 0 Å². The summed E-state index contributed by atoms with van der Waals surface area (Å²) in [6.45, 7) is 18.2. The van der Waals surface area contributed by atoms with Crippen molar-refractivity contribution >= 4 is 11.9 Å². The number of likely N-dealkylation sites (N-methyl/N-ethyl adjacent to an activating group) is 1. The lowest BCUT2D eigenvalue weighted by atomic mass is 9.34. The molecule has 1 unspecified atom stereocenters. The minimum absolute atomic E-state index is 0.129. The summed E-state index contributed by atoms with van der Waals surface area (Å²) in [7, 11) is 2.04. The monoisotopic (exact) mass is 652 g/mol. The van der Waals surface area contributed by atoms with E-state index in [1.807, 2.05) is 7.05 Å². The molecule has 10 nitrogen and oxygen atoms in total. The van der Waals surface area contributed by atoms with E-state index in [4.69, 9.17) is 15.2 Å². The topological polar surface area (TPSA) is 137 Å². The Bertz CT molecular complexity index is 1410. The normalized spacial score (nSPS) is 45.7. The van der Waals surface area contributed by atoms with E-state index in [9.17, 15) is 9.90 Å². The van der Waals surface area contributed by atoms with Gasteiger partial charge >= 0.3 is 5.97 Å². The molecule has 7 rings (SSSR count). The van der Waals surface area contributed by atoms with Crippen molar-refractivity contribution < 1.29 is 19.4 Å². The highest BCUT2D eigenvalue weighted by molar-refractivity contribution is 5.73. The third-order valence-electron chi connectivity index (χ3n) is 15.8. The average Bonchev–Trinajstić information content (AvgIpc) is 3.77. The van der Waals surface area contributed by atoms with Crippen LogP contribution in [0, 0.1) is 62.6 Å². The van der Waals surface area contributed by atoms with Gasteiger partial charge in [-0.3, -0.25) is 4.79 Å². The quantitative estimate of drug-likeness (QED) is 0.284. The SMILES string of the molecule is CN[C@H](CO[C@H]1[C@H](n2nnc(N)n2)CC23COC[C@@]1(C)[C@@H]2CC[C@H]1C3=CC[C@@]2(C)[C@H](C(=O)O)[C@@](C)([C@H](C)C(C)C)CC[C@]12C)C1CC1. The fraction of sp³-hybridized carbons (Fsp3) is 0.892. The number of nitrogen functional groups attached to an aromatic ring is 1. The van der Waals surface area contributed by atoms with E-state index in [2.05, 4.69) is 75.3 Å². The van der Waals surface area contributed by atoms with Crippen LogP contribution in [0.25, 0.3) is 0 Å². The number of hydrogen-bond acceptors (Lipinski definition) is 8. The smallest absolute Gasteiger partial charge is 0.307 e. The largest absolute Gasteiger partial charge is 0.481 e. The van der Waals surface area contributed by atoms with Gasteiger partial charge < -0.3 is 25.6 Å². The van der Waals surface area contributed by atoms with Crippen molar-refractivity contribution in [2.75, 3.05) is 32.6 Å². The zero-order valence-electron chi connectivity index (χ0n) is 30.1. The van der Waals surface area contributed by atoms with Crippen LogP contribution in [0.1, 0.15) is 106 Å². The van der Waals surface area contributed by atoms with Crippen molar-refractivity contribution in [3.05, 3.63) is 11.6 Å². The minimum Gasteiger partial charge on any atom is -0.481 e. The molecular formula is C37H60N6O4. The van der Waals surface area contributed by atoms with Crippen LogP contribution >= 0.6 is 0 Å². The first-order chi connectivity index (χ1) is 22.2. The number of carboxylic acid groups (broad SMARTS) is 1. The Kier molecular flexibility index (Phi) is 8.00. The predicted octanol–water partition coefficient (Wildman–Crippen LogP) is 5.77. The number of aliphatic carboxylic acids is 1. The van der Waals surface area contributed by atoms with E-state index in [1.165, 1.54) is 18.4 Å². The molecule has 1 aromatic heterocycles. The van der Waals surface area contributed by atoms with Crippen LogP contribution < -0.4 is 11.1 Å². The molecule has 0 spiro atoms. The number of nitrogens with zero attached hydrogens (tertiary/aromatic N) is 4. The number of nitrogens with two attached hydrogens (primary N) is 1. The van der Waals surface area contributed by atoms with Crippen LogP contribution in [0.3, 0.4) is 0 Å². The third kappa shape index (κ3) is 4.65. The molecule has 4 N–H and O–H groups in total. The second-order valence-electron chi connectivity index (χ2n) is 18.1. The number of tetrazole rings is 1. The van der Waals surface area contributed by atoms with Crippen LogP contribution in [-0.4, -0.2) is 70.3 Å². The fourth-order valence-electron chi connectivity index (χ4n) is 12.6. The maximum absolute atomic E-state index is 13.4. The van der Waals surface area contributed by atoms with E-state index in [0.29, 0.717) is 55.5 Å². The van der Waals surface area contributed by atoms with E-state index in [0.717, 1.165) is 38.5 Å². The van der Waals surface area contributed by atoms with E-state index >= 15 is 0 Å². The molecule has 4 saturated carbocycles. The number of ether oxygens (including phenoxy) is 2. The first-order valence-electron chi connectivity index (χ1n) is 18.5. The summed E-state index contributed by atoms with van der Waals surface area (Å²) in [6.07, 6.45) is 10.6. The molecule has 0 radical (unpaired) electrons. The molecule has 0 aromatic carbocycles. The van der Waals surface area contributed by atoms with Crippen molar-refractivity contribution in [3.8, 4) is 0 Å². The average molecular weight is 653 g/mol. The molecule has 2 heterocycles. The summed E-state index contributed by atoms with van der Waals surface area (Å²) in [4.78, 5) is 15.2. The number of carboxylic acids is 1. The number of rotatable bonds is 9. The molecule has 5 fully saturated rings. The van der Waals surface area contributed by atoms with Gasteiger partial charge in [0.1, 0.15) is 6.04 Å². The molecule has 6 aliphatic rings. The van der Waals surface area contributed by atoms with Gasteiger partial charge in [0.25, 0.3) is 5.95 Å². The van der Waals surface area contributed by atoms with Crippen molar-refractivity contribution in [1.82, 2.24) is 25.5 Å². The van der Waals surface area contributed by atoms with Gasteiger partial charge in [-0.25, -0.2) is 0 Å². The molecule has 262 valence electrons. The molecule has 5 aliphatic carbocycles. The molecule has 47 heavy (non-hydrogen) atoms. The molecule has 1 saturated heterocycles. The maximum atomic E-state index is 13.4. The number of hydrogen-bond donors (Lipinski definition) is 3. The lowest BCUT2D eigenvalue weighted by molar-refractivity contribution is -0.252. The van der Waals surface area contributed by atoms with Crippen molar-refractivity contribution in [3.63, 3.8) is 0 Å². The van der Waals surface area contributed by atoms with Crippen molar-refractivity contribution in [2.45, 2.75) is 118 Å². The molecule has 0 amide bonds. The van der Waals surface area contributed by atoms with Crippen LogP contribution in [-0.2, 0) is 14.3 Å². The number of fused-ring (bicyclic) bond motifs is 3. The molecule has 10 heteroatoms. The van der Waals surface area contributed by atoms with Gasteiger partial charge in [-0.2, -0.15) is 4.80 Å². The second-order valence-corrected chi connectivity index (χ2v) is 18.1. The summed E-state index contributed by atoms with van der Waals surface area (Å²) < 4.78 is 13.7. The Hall–Kier alpha value is -2.04. The van der Waals surface area contributed by atoms with E-state index in [1.54, 1.807) is 4.80 Å². The van der Waals surface area contributed by atoms with Gasteiger partial charge in [-0.05, 0) is 109 Å². The second kappa shape index (κ2) is 11.2. The van der Waals surface area contributed by atoms with Crippen LogP contribution in [0.5, 0.6) is 0 Å². The highest BCUT2D eigenvalue weighted by Crippen LogP contribution is 2.75. The van der Waals surface area contributed by atoms with E-state index in [-0.39, 0.29) is 45.2 Å². The Balaban J connectivity index is 1.30. The zero-order chi connectivity index (χ0) is 33.7. The van der Waals surface area contributed by atoms with Gasteiger partial charge in [-0.15, -0.1) is 5.10 Å². The molecule has 1 aromatic rings. The number of anilines is 1. The zero-order valence-corrected chi connectivity index (χ0v) is 30.1. The molecule has 1 aliphatic heterocycles. The standard InChI is InChI=1S/C37H60N6O4/c1-21(2)22(3)33(4)15-16-35(6)24-11-12-28-34(5)19-46-20-37(28,25(24)13-14-36(35,7)29(33)31(44)45)17-27(43-41-32(38)40-42-43)30(34)47-18-26(39-8)23-9-10-23/h13,21-24,26-30,39H,9-12,14-20H2,1-8H3,(H2,38,41)(H,44,45)/t22-,24+,26-,27-,28+,29-,30+,33-,34+,35-,36+,37?/m1/s1. The maximum Gasteiger partial charge on any atom is 0.307 e. The Morgan fingerprint density at radius 2 is 1.87 bits per heavy atom. The van der Waals surface area contributed by atoms with Gasteiger partial charge in [0.05, 0.1) is 31.8 Å². The first-order valence-corrected chi connectivity index (χ1v) is 18.5. The van der Waals surface area contributed by atoms with Gasteiger partial charge in [0.15, 0.2) is 0 Å². The lowest BCUT2D eigenvalue weighted by Gasteiger charge is -2.71. The van der Waals surface area contributed by atoms with Gasteiger partial charge in [0, 0.05) is 16.9 Å². The molecule has 2 bridgehead atoms. The minimum atomic E-state index is -0.621. The summed E-state index contributed by atoms with van der Waals surface area (Å²) >= 11 is 0. The van der Waals surface area contributed by atoms with Crippen LogP contribution in [0.4, 0.5) is 5.95 Å². The summed E-state index contributed by atoms with van der Waals surface area (Å²) in [6, 6.07) is 0.201. The summed E-state index contributed by atoms with van der Waals surface area (Å²) in [5.74, 6) is 1.27. The highest BCUT2D eigenvalue weighted by Gasteiger charge is 2.72. The highest BCUT2D eigenvalue weighted by atomic mass is 16.5. The molecule has 12 atom stereocenters. The lowest BCUT2D eigenvalue weighted by Crippen LogP contribution is -2.69. The van der Waals surface area contributed by atoms with Gasteiger partial charge in [0.2, 0.25) is 0 Å². The Labute approximate surface area is 281 Å². The first kappa shape index (κ1) is 33.5. The fourth-order valence-corrected chi connectivity index (χ4v) is 12.6. The Morgan fingerprint density at radius 3 is 2.49 bits per heavy atom. The van der Waals surface area contributed by atoms with Gasteiger partial charge in [-0.1, -0.05) is 65.2 Å². The molecular weight excluding hydrogens is 592 g/mol. The third-order valence-corrected chi connectivity index (χ3v) is 15.8. The number of nitrogens with one attached hydrogen (secondary N) is 1. The van der Waals surface area contributed by atoms with E-state index < -0.39 is 11.9 Å². The summed E-state index contributed by atoms with van der Waals surface area (Å²) in [5.41, 5.74) is 6.39. The number of carbonyl (C=O) groups is 1. The van der Waals surface area contributed by atoms with Crippen LogP contribution in [0.2, 0.25) is 0 Å². The number of aromatic nitrogens is 4. The number of allylic oxidation sites excluding steroid dienone is 1. The predicted molar refractivity (Wildman–Crippen MR) is 180 cm³/mol. The van der Waals surface area contributed by atoms with Crippen molar-refractivity contribution in [2.24, 2.45) is 62.6 Å². The van der Waals surface area contributed by atoms with Crippen LogP contribution in [0.15, 0.2) is 11.6 Å².